The number of phenols is 3. The van der Waals surface area contributed by atoms with Crippen molar-refractivity contribution in [3.63, 3.8) is 0 Å². The van der Waals surface area contributed by atoms with E-state index in [1.165, 1.54) is 0 Å². The fourth-order valence-corrected chi connectivity index (χ4v) is 10.0. The number of phenolic OH excluding ortho intramolecular Hbond substituents is 3. The van der Waals surface area contributed by atoms with Crippen LogP contribution in [0.4, 0.5) is 0 Å². The molecule has 0 unspecified atom stereocenters. The Labute approximate surface area is 377 Å². The fourth-order valence-electron chi connectivity index (χ4n) is 10.0. The smallest absolute Gasteiger partial charge is 0.338 e. The van der Waals surface area contributed by atoms with Crippen molar-refractivity contribution in [2.75, 3.05) is 20.2 Å². The van der Waals surface area contributed by atoms with E-state index in [0.717, 1.165) is 46.2 Å². The van der Waals surface area contributed by atoms with Crippen LogP contribution in [0.1, 0.15) is 149 Å². The van der Waals surface area contributed by atoms with Crippen LogP contribution < -0.4 is 0 Å². The van der Waals surface area contributed by atoms with Gasteiger partial charge in [-0.25, -0.2) is 4.79 Å². The summed E-state index contributed by atoms with van der Waals surface area (Å²) in [5, 5.41) is 29.8. The van der Waals surface area contributed by atoms with Gasteiger partial charge in [-0.05, 0) is 173 Å². The van der Waals surface area contributed by atoms with Gasteiger partial charge < -0.3 is 29.5 Å². The lowest BCUT2D eigenvalue weighted by Gasteiger charge is -2.54. The molecule has 11 nitrogen and oxygen atoms in total. The summed E-state index contributed by atoms with van der Waals surface area (Å²) < 4.78 is 17.3. The van der Waals surface area contributed by atoms with Crippen LogP contribution in [0.2, 0.25) is 0 Å². The standard InChI is InChI=1S/C33H47NO6.C19H29NO3/c1-21-15-25(16-22(2)30(21)37)9-11-28(35)39-14-13-34-32(5,6)19-27(20-33(34,7)8)40-29(36)12-10-26-17-23(3)31(38)24(4)18-26;1-12-8-14(9-13(2)16(12)21)17(22)23-15-10-18(3,4)20(7)19(5,6)11-15/h15-18,27,37-38H,9-14,19-20H2,1-8H3;8-9,15,21H,10-11H2,1-7H3. The van der Waals surface area contributed by atoms with Crippen molar-refractivity contribution in [3.8, 4) is 17.2 Å². The Kier molecular flexibility index (Phi) is 16.2. The van der Waals surface area contributed by atoms with Gasteiger partial charge in [0.05, 0.1) is 5.56 Å². The minimum atomic E-state index is -0.308. The van der Waals surface area contributed by atoms with Crippen LogP contribution in [0.5, 0.6) is 17.2 Å². The number of hydrogen-bond donors (Lipinski definition) is 3. The lowest BCUT2D eigenvalue weighted by Crippen LogP contribution is -2.63. The van der Waals surface area contributed by atoms with Crippen molar-refractivity contribution < 1.29 is 43.9 Å². The van der Waals surface area contributed by atoms with E-state index < -0.39 is 0 Å². The molecule has 2 heterocycles. The highest BCUT2D eigenvalue weighted by Gasteiger charge is 2.47. The predicted octanol–water partition coefficient (Wildman–Crippen LogP) is 9.82. The SMILES string of the molecule is Cc1cc(C(=O)OC2CC(C)(C)N(C)C(C)(C)C2)cc(C)c1O.Cc1cc(CCC(=O)OCCN2C(C)(C)CC(OC(=O)CCc3cc(C)c(O)c(C)c3)CC2(C)C)cc(C)c1O. The molecule has 0 bridgehead atoms. The number of rotatable bonds is 12. The summed E-state index contributed by atoms with van der Waals surface area (Å²) in [4.78, 5) is 42.4. The molecule has 0 atom stereocenters. The molecule has 2 fully saturated rings. The second kappa shape index (κ2) is 20.1. The average molecular weight is 873 g/mol. The lowest BCUT2D eigenvalue weighted by molar-refractivity contribution is -0.163. The Morgan fingerprint density at radius 3 is 1.32 bits per heavy atom. The first-order valence-corrected chi connectivity index (χ1v) is 22.5. The third-order valence-electron chi connectivity index (χ3n) is 13.4. The van der Waals surface area contributed by atoms with Gasteiger partial charge in [-0.2, -0.15) is 0 Å². The zero-order valence-corrected chi connectivity index (χ0v) is 40.9. The van der Waals surface area contributed by atoms with E-state index in [9.17, 15) is 29.7 Å². The number of esters is 3. The maximum absolute atomic E-state index is 12.7. The third kappa shape index (κ3) is 13.2. The number of piperidine rings is 2. The first kappa shape index (κ1) is 51.0. The zero-order chi connectivity index (χ0) is 47.4. The van der Waals surface area contributed by atoms with Gasteiger partial charge in [0.25, 0.3) is 0 Å². The normalized spacial score (nSPS) is 18.5. The summed E-state index contributed by atoms with van der Waals surface area (Å²) in [7, 11) is 2.13. The van der Waals surface area contributed by atoms with E-state index >= 15 is 0 Å². The van der Waals surface area contributed by atoms with Gasteiger partial charge in [-0.1, -0.05) is 24.3 Å². The summed E-state index contributed by atoms with van der Waals surface area (Å²) in [5.74, 6) is 0.0922. The number of ether oxygens (including phenoxy) is 3. The van der Waals surface area contributed by atoms with E-state index in [-0.39, 0.29) is 64.4 Å². The summed E-state index contributed by atoms with van der Waals surface area (Å²) in [6.07, 6.45) is 4.48. The molecule has 0 aromatic heterocycles. The van der Waals surface area contributed by atoms with Crippen LogP contribution >= 0.6 is 0 Å². The van der Waals surface area contributed by atoms with E-state index in [1.807, 2.05) is 52.0 Å². The highest BCUT2D eigenvalue weighted by Crippen LogP contribution is 2.40. The molecule has 63 heavy (non-hydrogen) atoms. The molecule has 3 aromatic carbocycles. The van der Waals surface area contributed by atoms with E-state index in [2.05, 4.69) is 72.2 Å². The molecule has 0 amide bonds. The van der Waals surface area contributed by atoms with Crippen molar-refractivity contribution in [1.82, 2.24) is 9.80 Å². The van der Waals surface area contributed by atoms with Crippen LogP contribution in [0.25, 0.3) is 0 Å². The second-order valence-electron chi connectivity index (χ2n) is 20.8. The molecule has 0 spiro atoms. The van der Waals surface area contributed by atoms with Gasteiger partial charge in [0, 0.05) is 67.2 Å². The van der Waals surface area contributed by atoms with Crippen LogP contribution in [0.3, 0.4) is 0 Å². The molecule has 2 aliphatic heterocycles. The van der Waals surface area contributed by atoms with Crippen molar-refractivity contribution in [2.24, 2.45) is 0 Å². The van der Waals surface area contributed by atoms with Crippen molar-refractivity contribution in [2.45, 2.75) is 183 Å². The van der Waals surface area contributed by atoms with Gasteiger partial charge in [-0.3, -0.25) is 19.4 Å². The molecule has 0 saturated carbocycles. The largest absolute Gasteiger partial charge is 0.507 e. The number of aryl methyl sites for hydroxylation is 8. The van der Waals surface area contributed by atoms with Crippen LogP contribution in [0.15, 0.2) is 36.4 Å². The van der Waals surface area contributed by atoms with Gasteiger partial charge >= 0.3 is 17.9 Å². The van der Waals surface area contributed by atoms with Gasteiger partial charge in [-0.15, -0.1) is 0 Å². The van der Waals surface area contributed by atoms with Crippen LogP contribution in [-0.2, 0) is 36.6 Å². The Morgan fingerprint density at radius 1 is 0.556 bits per heavy atom. The minimum Gasteiger partial charge on any atom is -0.507 e. The molecule has 2 saturated heterocycles. The number of hydrogen-bond acceptors (Lipinski definition) is 11. The average Bonchev–Trinajstić information content (AvgIpc) is 3.15. The molecule has 3 aromatic rings. The van der Waals surface area contributed by atoms with Gasteiger partial charge in [0.15, 0.2) is 0 Å². The van der Waals surface area contributed by atoms with Gasteiger partial charge in [0.1, 0.15) is 36.1 Å². The van der Waals surface area contributed by atoms with Crippen molar-refractivity contribution in [1.29, 1.82) is 0 Å². The predicted molar refractivity (Wildman–Crippen MR) is 249 cm³/mol. The third-order valence-corrected chi connectivity index (χ3v) is 13.4. The molecule has 0 radical (unpaired) electrons. The molecule has 3 N–H and O–H groups in total. The quantitative estimate of drug-likeness (QED) is 0.118. The Balaban J connectivity index is 0.000000320. The number of nitrogens with zero attached hydrogens (tertiary/aromatic N) is 2. The maximum Gasteiger partial charge on any atom is 0.338 e. The molecule has 11 heteroatoms. The lowest BCUT2D eigenvalue weighted by atomic mass is 9.78. The minimum absolute atomic E-state index is 0.0204. The molecule has 2 aliphatic rings. The number of carbonyl (C=O) groups excluding carboxylic acids is 3. The Morgan fingerprint density at radius 2 is 0.905 bits per heavy atom. The first-order valence-electron chi connectivity index (χ1n) is 22.5. The second-order valence-corrected chi connectivity index (χ2v) is 20.8. The summed E-state index contributed by atoms with van der Waals surface area (Å²) in [6, 6.07) is 11.0. The van der Waals surface area contributed by atoms with Crippen LogP contribution in [-0.4, -0.2) is 97.6 Å². The fraction of sp³-hybridized carbons (Fsp3) is 0.596. The number of aromatic hydroxyl groups is 3. The van der Waals surface area contributed by atoms with E-state index in [1.54, 1.807) is 26.0 Å². The zero-order valence-electron chi connectivity index (χ0n) is 40.9. The number of carbonyl (C=O) groups is 3. The highest BCUT2D eigenvalue weighted by molar-refractivity contribution is 5.90. The highest BCUT2D eigenvalue weighted by atomic mass is 16.5. The summed E-state index contributed by atoms with van der Waals surface area (Å²) in [6.45, 7) is 29.3. The Hall–Kier alpha value is -4.61. The number of likely N-dealkylation sites (tertiary alicyclic amines) is 2. The topological polar surface area (TPSA) is 146 Å². The molecular formula is C52H76N2O9. The summed E-state index contributed by atoms with van der Waals surface area (Å²) >= 11 is 0. The maximum atomic E-state index is 12.7. The first-order chi connectivity index (χ1) is 29.0. The van der Waals surface area contributed by atoms with Crippen LogP contribution in [0, 0.1) is 41.5 Å². The molecular weight excluding hydrogens is 797 g/mol. The molecule has 348 valence electrons. The van der Waals surface area contributed by atoms with Gasteiger partial charge in [0.2, 0.25) is 0 Å². The van der Waals surface area contributed by atoms with E-state index in [4.69, 9.17) is 14.2 Å². The Bertz CT molecular complexity index is 2030. The van der Waals surface area contributed by atoms with Crippen molar-refractivity contribution >= 4 is 17.9 Å². The summed E-state index contributed by atoms with van der Waals surface area (Å²) in [5.41, 5.74) is 6.64. The monoisotopic (exact) mass is 873 g/mol. The molecule has 0 aliphatic carbocycles. The van der Waals surface area contributed by atoms with Crippen molar-refractivity contribution in [3.05, 3.63) is 86.5 Å². The molecule has 5 rings (SSSR count). The number of benzene rings is 3. The van der Waals surface area contributed by atoms with E-state index in [0.29, 0.717) is 73.4 Å².